The van der Waals surface area contributed by atoms with E-state index >= 15 is 0 Å². The van der Waals surface area contributed by atoms with Gasteiger partial charge < -0.3 is 24.4 Å². The lowest BCUT2D eigenvalue weighted by atomic mass is 9.84. The van der Waals surface area contributed by atoms with Crippen molar-refractivity contribution in [3.8, 4) is 0 Å². The standard InChI is InChI=1S/C22H31BrN2O5/c1-21(2,3)30-20(27)25-10-8-24(9-11-25)19(26)15-22(28)7-12-29-18(14-22)16-5-4-6-17(23)13-16/h4-6,13,18,28H,7-12,14-15H2,1-3H3. The number of benzene rings is 1. The van der Waals surface area contributed by atoms with Gasteiger partial charge in [0.25, 0.3) is 0 Å². The summed E-state index contributed by atoms with van der Waals surface area (Å²) in [5.41, 5.74) is -0.646. The Morgan fingerprint density at radius 3 is 2.53 bits per heavy atom. The third-order valence-corrected chi connectivity index (χ3v) is 5.93. The molecule has 2 heterocycles. The highest BCUT2D eigenvalue weighted by molar-refractivity contribution is 9.10. The molecule has 7 nitrogen and oxygen atoms in total. The number of nitrogens with zero attached hydrogens (tertiary/aromatic N) is 2. The summed E-state index contributed by atoms with van der Waals surface area (Å²) in [6.45, 7) is 7.67. The third kappa shape index (κ3) is 6.18. The van der Waals surface area contributed by atoms with E-state index in [0.717, 1.165) is 10.0 Å². The number of rotatable bonds is 3. The van der Waals surface area contributed by atoms with Crippen LogP contribution in [-0.4, -0.2) is 70.9 Å². The number of piperazine rings is 1. The minimum atomic E-state index is -1.09. The average Bonchev–Trinajstić information content (AvgIpc) is 2.66. The van der Waals surface area contributed by atoms with Gasteiger partial charge in [0, 0.05) is 43.5 Å². The molecule has 30 heavy (non-hydrogen) atoms. The molecule has 2 aliphatic heterocycles. The van der Waals surface area contributed by atoms with Gasteiger partial charge in [-0.3, -0.25) is 4.79 Å². The van der Waals surface area contributed by atoms with Gasteiger partial charge in [0.15, 0.2) is 0 Å². The van der Waals surface area contributed by atoms with Crippen LogP contribution in [-0.2, 0) is 14.3 Å². The summed E-state index contributed by atoms with van der Waals surface area (Å²) in [5, 5.41) is 11.1. The molecule has 2 saturated heterocycles. The predicted molar refractivity (Wildman–Crippen MR) is 116 cm³/mol. The molecular formula is C22H31BrN2O5. The van der Waals surface area contributed by atoms with Gasteiger partial charge in [0.1, 0.15) is 5.60 Å². The van der Waals surface area contributed by atoms with Crippen molar-refractivity contribution in [2.45, 2.75) is 57.3 Å². The maximum Gasteiger partial charge on any atom is 0.410 e. The van der Waals surface area contributed by atoms with Gasteiger partial charge in [-0.15, -0.1) is 0 Å². The van der Waals surface area contributed by atoms with Crippen molar-refractivity contribution < 1.29 is 24.2 Å². The summed E-state index contributed by atoms with van der Waals surface area (Å²) < 4.78 is 12.2. The fourth-order valence-electron chi connectivity index (χ4n) is 3.84. The molecule has 2 atom stereocenters. The fourth-order valence-corrected chi connectivity index (χ4v) is 4.25. The highest BCUT2D eigenvalue weighted by Crippen LogP contribution is 2.37. The number of hydrogen-bond acceptors (Lipinski definition) is 5. The molecule has 2 aliphatic rings. The Morgan fingerprint density at radius 2 is 1.90 bits per heavy atom. The first-order valence-electron chi connectivity index (χ1n) is 10.4. The maximum atomic E-state index is 12.9. The first-order valence-corrected chi connectivity index (χ1v) is 11.2. The van der Waals surface area contributed by atoms with Gasteiger partial charge in [0.05, 0.1) is 24.7 Å². The summed E-state index contributed by atoms with van der Waals surface area (Å²) in [5.74, 6) is -0.0868. The lowest BCUT2D eigenvalue weighted by Gasteiger charge is -2.40. The van der Waals surface area contributed by atoms with Crippen LogP contribution in [0.15, 0.2) is 28.7 Å². The van der Waals surface area contributed by atoms with Crippen molar-refractivity contribution in [1.82, 2.24) is 9.80 Å². The number of halogens is 1. The molecule has 0 aliphatic carbocycles. The average molecular weight is 483 g/mol. The Hall–Kier alpha value is -1.64. The smallest absolute Gasteiger partial charge is 0.410 e. The molecule has 0 spiro atoms. The predicted octanol–water partition coefficient (Wildman–Crippen LogP) is 3.50. The van der Waals surface area contributed by atoms with Gasteiger partial charge >= 0.3 is 6.09 Å². The largest absolute Gasteiger partial charge is 0.444 e. The molecule has 0 aromatic heterocycles. The highest BCUT2D eigenvalue weighted by atomic mass is 79.9. The molecule has 0 saturated carbocycles. The second-order valence-corrected chi connectivity index (χ2v) is 10.0. The van der Waals surface area contributed by atoms with Crippen molar-refractivity contribution in [3.63, 3.8) is 0 Å². The van der Waals surface area contributed by atoms with E-state index in [1.807, 2.05) is 45.0 Å². The van der Waals surface area contributed by atoms with Crippen molar-refractivity contribution in [3.05, 3.63) is 34.3 Å². The first-order chi connectivity index (χ1) is 14.0. The lowest BCUT2D eigenvalue weighted by molar-refractivity contribution is -0.147. The third-order valence-electron chi connectivity index (χ3n) is 5.44. The second kappa shape index (κ2) is 9.24. The van der Waals surface area contributed by atoms with Gasteiger partial charge in [-0.1, -0.05) is 28.1 Å². The Morgan fingerprint density at radius 1 is 1.23 bits per heavy atom. The van der Waals surface area contributed by atoms with E-state index < -0.39 is 11.2 Å². The number of hydrogen-bond donors (Lipinski definition) is 1. The SMILES string of the molecule is CC(C)(C)OC(=O)N1CCN(C(=O)CC2(O)CCOC(c3cccc(Br)c3)C2)CC1. The quantitative estimate of drug-likeness (QED) is 0.712. The minimum absolute atomic E-state index is 0.0628. The van der Waals surface area contributed by atoms with Crippen LogP contribution in [0.4, 0.5) is 4.79 Å². The Labute approximate surface area is 186 Å². The normalized spacial score (nSPS) is 25.2. The van der Waals surface area contributed by atoms with E-state index in [0.29, 0.717) is 45.6 Å². The highest BCUT2D eigenvalue weighted by Gasteiger charge is 2.39. The van der Waals surface area contributed by atoms with Crippen LogP contribution in [0.25, 0.3) is 0 Å². The maximum absolute atomic E-state index is 12.9. The minimum Gasteiger partial charge on any atom is -0.444 e. The van der Waals surface area contributed by atoms with Crippen LogP contribution in [0.1, 0.15) is 51.7 Å². The van der Waals surface area contributed by atoms with Gasteiger partial charge in [-0.05, 0) is 38.5 Å². The summed E-state index contributed by atoms with van der Waals surface area (Å²) >= 11 is 3.46. The molecule has 0 bridgehead atoms. The summed E-state index contributed by atoms with van der Waals surface area (Å²) in [6.07, 6.45) is 0.286. The van der Waals surface area contributed by atoms with Gasteiger partial charge in [-0.2, -0.15) is 0 Å². The molecule has 2 amide bonds. The number of carbonyl (C=O) groups is 2. The number of aliphatic hydroxyl groups is 1. The topological polar surface area (TPSA) is 79.3 Å². The van der Waals surface area contributed by atoms with Crippen LogP contribution >= 0.6 is 15.9 Å². The first kappa shape index (κ1) is 23.0. The van der Waals surface area contributed by atoms with Crippen molar-refractivity contribution >= 4 is 27.9 Å². The molecular weight excluding hydrogens is 452 g/mol. The molecule has 2 fully saturated rings. The zero-order valence-corrected chi connectivity index (χ0v) is 19.5. The number of carbonyl (C=O) groups excluding carboxylic acids is 2. The van der Waals surface area contributed by atoms with Crippen molar-refractivity contribution in [2.24, 2.45) is 0 Å². The van der Waals surface area contributed by atoms with E-state index in [1.165, 1.54) is 0 Å². The fraction of sp³-hybridized carbons (Fsp3) is 0.636. The van der Waals surface area contributed by atoms with Crippen molar-refractivity contribution in [2.75, 3.05) is 32.8 Å². The second-order valence-electron chi connectivity index (χ2n) is 9.12. The van der Waals surface area contributed by atoms with Crippen LogP contribution in [0.5, 0.6) is 0 Å². The van der Waals surface area contributed by atoms with Gasteiger partial charge in [0.2, 0.25) is 5.91 Å². The molecule has 3 rings (SSSR count). The lowest BCUT2D eigenvalue weighted by Crippen LogP contribution is -2.53. The van der Waals surface area contributed by atoms with E-state index in [-0.39, 0.29) is 24.5 Å². The van der Waals surface area contributed by atoms with Crippen LogP contribution < -0.4 is 0 Å². The monoisotopic (exact) mass is 482 g/mol. The summed E-state index contributed by atoms with van der Waals surface area (Å²) in [4.78, 5) is 28.4. The molecule has 1 aromatic carbocycles. The number of ether oxygens (including phenoxy) is 2. The van der Waals surface area contributed by atoms with E-state index in [9.17, 15) is 14.7 Å². The Balaban J connectivity index is 1.53. The zero-order chi connectivity index (χ0) is 21.9. The van der Waals surface area contributed by atoms with E-state index in [1.54, 1.807) is 9.80 Å². The van der Waals surface area contributed by atoms with Gasteiger partial charge in [-0.25, -0.2) is 4.79 Å². The molecule has 0 radical (unpaired) electrons. The zero-order valence-electron chi connectivity index (χ0n) is 17.9. The summed E-state index contributed by atoms with van der Waals surface area (Å²) in [7, 11) is 0. The molecule has 166 valence electrons. The van der Waals surface area contributed by atoms with E-state index in [2.05, 4.69) is 15.9 Å². The Bertz CT molecular complexity index is 773. The van der Waals surface area contributed by atoms with Crippen LogP contribution in [0.2, 0.25) is 0 Å². The van der Waals surface area contributed by atoms with E-state index in [4.69, 9.17) is 9.47 Å². The molecule has 1 aromatic rings. The molecule has 8 heteroatoms. The summed E-state index contributed by atoms with van der Waals surface area (Å²) in [6, 6.07) is 7.83. The Kier molecular flexibility index (Phi) is 7.09. The van der Waals surface area contributed by atoms with Crippen LogP contribution in [0, 0.1) is 0 Å². The number of amides is 2. The molecule has 1 N–H and O–H groups in total. The van der Waals surface area contributed by atoms with Crippen LogP contribution in [0.3, 0.4) is 0 Å². The molecule has 2 unspecified atom stereocenters. The van der Waals surface area contributed by atoms with Crippen molar-refractivity contribution in [1.29, 1.82) is 0 Å².